The van der Waals surface area contributed by atoms with Crippen LogP contribution in [0.1, 0.15) is 21.7 Å². The van der Waals surface area contributed by atoms with Crippen LogP contribution in [-0.4, -0.2) is 20.9 Å². The molecule has 2 N–H and O–H groups in total. The van der Waals surface area contributed by atoms with Gasteiger partial charge < -0.3 is 10.6 Å². The number of para-hydroxylation sites is 1. The zero-order chi connectivity index (χ0) is 17.6. The zero-order valence-electron chi connectivity index (χ0n) is 13.5. The Balaban J connectivity index is 1.74. The maximum atomic E-state index is 12.4. The number of rotatable bonds is 5. The van der Waals surface area contributed by atoms with E-state index in [-0.39, 0.29) is 11.6 Å². The number of anilines is 2. The monoisotopic (exact) mass is 353 g/mol. The highest BCUT2D eigenvalue weighted by atomic mass is 35.5. The standard InChI is InChI=1S/C18H16ClN5O/c1-12-10-16(17(25)21-11-13-6-8-20-9-7-13)24-18(22-12)23-15-5-3-2-4-14(15)19/h2-10H,11H2,1H3,(H,21,25)(H,22,23,24). The van der Waals surface area contributed by atoms with Gasteiger partial charge in [-0.1, -0.05) is 23.7 Å². The number of hydrogen-bond donors (Lipinski definition) is 2. The number of amides is 1. The second kappa shape index (κ2) is 7.72. The number of carbonyl (C=O) groups is 1. The number of pyridine rings is 1. The molecule has 0 atom stereocenters. The summed E-state index contributed by atoms with van der Waals surface area (Å²) in [5.41, 5.74) is 2.61. The molecule has 0 saturated heterocycles. The fourth-order valence-corrected chi connectivity index (χ4v) is 2.38. The van der Waals surface area contributed by atoms with E-state index in [4.69, 9.17) is 11.6 Å². The van der Waals surface area contributed by atoms with Crippen LogP contribution in [0.5, 0.6) is 0 Å². The second-order valence-electron chi connectivity index (χ2n) is 5.36. The van der Waals surface area contributed by atoms with Gasteiger partial charge >= 0.3 is 0 Å². The fraction of sp³-hybridized carbons (Fsp3) is 0.111. The second-order valence-corrected chi connectivity index (χ2v) is 5.77. The van der Waals surface area contributed by atoms with Crippen LogP contribution in [0.15, 0.2) is 54.9 Å². The van der Waals surface area contributed by atoms with E-state index >= 15 is 0 Å². The lowest BCUT2D eigenvalue weighted by atomic mass is 10.2. The van der Waals surface area contributed by atoms with Gasteiger partial charge in [-0.05, 0) is 42.8 Å². The first kappa shape index (κ1) is 16.9. The van der Waals surface area contributed by atoms with E-state index in [1.807, 2.05) is 30.3 Å². The van der Waals surface area contributed by atoms with Crippen molar-refractivity contribution in [2.24, 2.45) is 0 Å². The highest BCUT2D eigenvalue weighted by Crippen LogP contribution is 2.23. The van der Waals surface area contributed by atoms with E-state index in [2.05, 4.69) is 25.6 Å². The minimum atomic E-state index is -0.274. The summed E-state index contributed by atoms with van der Waals surface area (Å²) in [6, 6.07) is 12.6. The molecular weight excluding hydrogens is 338 g/mol. The van der Waals surface area contributed by atoms with E-state index in [9.17, 15) is 4.79 Å². The molecule has 0 unspecified atom stereocenters. The van der Waals surface area contributed by atoms with E-state index in [0.717, 1.165) is 5.56 Å². The number of halogens is 1. The number of benzene rings is 1. The molecule has 3 rings (SSSR count). The summed E-state index contributed by atoms with van der Waals surface area (Å²) < 4.78 is 0. The summed E-state index contributed by atoms with van der Waals surface area (Å²) in [4.78, 5) is 24.9. The first-order valence-electron chi connectivity index (χ1n) is 7.66. The van der Waals surface area contributed by atoms with E-state index in [1.165, 1.54) is 0 Å². The largest absolute Gasteiger partial charge is 0.347 e. The number of aromatic nitrogens is 3. The van der Waals surface area contributed by atoms with Crippen molar-refractivity contribution in [1.82, 2.24) is 20.3 Å². The highest BCUT2D eigenvalue weighted by molar-refractivity contribution is 6.33. The Morgan fingerprint density at radius 3 is 2.64 bits per heavy atom. The summed E-state index contributed by atoms with van der Waals surface area (Å²) in [5, 5.41) is 6.43. The van der Waals surface area contributed by atoms with Crippen LogP contribution in [-0.2, 0) is 6.54 Å². The summed E-state index contributed by atoms with van der Waals surface area (Å²) in [6.07, 6.45) is 3.36. The van der Waals surface area contributed by atoms with Gasteiger partial charge in [0.25, 0.3) is 5.91 Å². The summed E-state index contributed by atoms with van der Waals surface area (Å²) in [5.74, 6) is 0.0479. The molecule has 0 radical (unpaired) electrons. The van der Waals surface area contributed by atoms with Gasteiger partial charge in [-0.3, -0.25) is 9.78 Å². The van der Waals surface area contributed by atoms with Gasteiger partial charge in [-0.25, -0.2) is 9.97 Å². The predicted octanol–water partition coefficient (Wildman–Crippen LogP) is 3.51. The average molecular weight is 354 g/mol. The third-order valence-corrected chi connectivity index (χ3v) is 3.74. The number of nitrogens with one attached hydrogen (secondary N) is 2. The van der Waals surface area contributed by atoms with Crippen LogP contribution >= 0.6 is 11.6 Å². The first-order valence-corrected chi connectivity index (χ1v) is 8.04. The molecule has 7 heteroatoms. The van der Waals surface area contributed by atoms with Crippen molar-refractivity contribution in [1.29, 1.82) is 0 Å². The number of hydrogen-bond acceptors (Lipinski definition) is 5. The third kappa shape index (κ3) is 4.51. The SMILES string of the molecule is Cc1cc(C(=O)NCc2ccncc2)nc(Nc2ccccc2Cl)n1. The van der Waals surface area contributed by atoms with Crippen molar-refractivity contribution in [3.8, 4) is 0 Å². The maximum absolute atomic E-state index is 12.4. The Hall–Kier alpha value is -2.99. The van der Waals surface area contributed by atoms with Crippen molar-refractivity contribution in [2.75, 3.05) is 5.32 Å². The van der Waals surface area contributed by atoms with Crippen LogP contribution in [0, 0.1) is 6.92 Å². The molecule has 0 fully saturated rings. The molecule has 2 heterocycles. The molecule has 3 aromatic rings. The molecule has 1 amide bonds. The van der Waals surface area contributed by atoms with Crippen LogP contribution in [0.4, 0.5) is 11.6 Å². The Morgan fingerprint density at radius 1 is 1.12 bits per heavy atom. The summed E-state index contributed by atoms with van der Waals surface area (Å²) in [6.45, 7) is 2.21. The maximum Gasteiger partial charge on any atom is 0.270 e. The van der Waals surface area contributed by atoms with Crippen LogP contribution in [0.3, 0.4) is 0 Å². The molecular formula is C18H16ClN5O. The Morgan fingerprint density at radius 2 is 1.88 bits per heavy atom. The number of nitrogens with zero attached hydrogens (tertiary/aromatic N) is 3. The number of carbonyl (C=O) groups excluding carboxylic acids is 1. The van der Waals surface area contributed by atoms with Crippen LogP contribution < -0.4 is 10.6 Å². The van der Waals surface area contributed by atoms with E-state index in [0.29, 0.717) is 28.9 Å². The van der Waals surface area contributed by atoms with E-state index in [1.54, 1.807) is 31.5 Å². The molecule has 126 valence electrons. The van der Waals surface area contributed by atoms with Crippen LogP contribution in [0.2, 0.25) is 5.02 Å². The van der Waals surface area contributed by atoms with Crippen molar-refractivity contribution < 1.29 is 4.79 Å². The molecule has 0 spiro atoms. The van der Waals surface area contributed by atoms with Gasteiger partial charge in [0.2, 0.25) is 5.95 Å². The average Bonchev–Trinajstić information content (AvgIpc) is 2.62. The van der Waals surface area contributed by atoms with Gasteiger partial charge in [-0.2, -0.15) is 0 Å². The molecule has 25 heavy (non-hydrogen) atoms. The van der Waals surface area contributed by atoms with Crippen molar-refractivity contribution in [3.63, 3.8) is 0 Å². The topological polar surface area (TPSA) is 79.8 Å². The molecule has 1 aromatic carbocycles. The molecule has 2 aromatic heterocycles. The Labute approximate surface area is 150 Å². The first-order chi connectivity index (χ1) is 12.1. The molecule has 6 nitrogen and oxygen atoms in total. The molecule has 0 aliphatic carbocycles. The normalized spacial score (nSPS) is 10.3. The van der Waals surface area contributed by atoms with Crippen molar-refractivity contribution in [2.45, 2.75) is 13.5 Å². The Kier molecular flexibility index (Phi) is 5.20. The van der Waals surface area contributed by atoms with Crippen LogP contribution in [0.25, 0.3) is 0 Å². The fourth-order valence-electron chi connectivity index (χ4n) is 2.20. The van der Waals surface area contributed by atoms with Crippen molar-refractivity contribution >= 4 is 29.1 Å². The lowest BCUT2D eigenvalue weighted by Crippen LogP contribution is -2.24. The molecule has 0 aliphatic rings. The lowest BCUT2D eigenvalue weighted by molar-refractivity contribution is 0.0945. The minimum absolute atomic E-state index is 0.274. The Bertz CT molecular complexity index is 886. The minimum Gasteiger partial charge on any atom is -0.347 e. The van der Waals surface area contributed by atoms with Crippen molar-refractivity contribution in [3.05, 3.63) is 76.8 Å². The summed E-state index contributed by atoms with van der Waals surface area (Å²) >= 11 is 6.13. The highest BCUT2D eigenvalue weighted by Gasteiger charge is 2.11. The molecule has 0 saturated carbocycles. The lowest BCUT2D eigenvalue weighted by Gasteiger charge is -2.10. The quantitative estimate of drug-likeness (QED) is 0.733. The van der Waals surface area contributed by atoms with Gasteiger partial charge in [0.05, 0.1) is 10.7 Å². The van der Waals surface area contributed by atoms with Gasteiger partial charge in [-0.15, -0.1) is 0 Å². The van der Waals surface area contributed by atoms with Gasteiger partial charge in [0, 0.05) is 24.6 Å². The van der Waals surface area contributed by atoms with E-state index < -0.39 is 0 Å². The smallest absolute Gasteiger partial charge is 0.270 e. The third-order valence-electron chi connectivity index (χ3n) is 3.41. The summed E-state index contributed by atoms with van der Waals surface area (Å²) in [7, 11) is 0. The molecule has 0 bridgehead atoms. The molecule has 0 aliphatic heterocycles. The van der Waals surface area contributed by atoms with Gasteiger partial charge in [0.1, 0.15) is 5.69 Å². The predicted molar refractivity (Wildman–Crippen MR) is 96.9 cm³/mol. The zero-order valence-corrected chi connectivity index (χ0v) is 14.3. The van der Waals surface area contributed by atoms with Gasteiger partial charge in [0.15, 0.2) is 0 Å². The number of aryl methyl sites for hydroxylation is 1.